The molecule has 3 heterocycles. The van der Waals surface area contributed by atoms with E-state index in [0.717, 1.165) is 85.1 Å². The van der Waals surface area contributed by atoms with Crippen LogP contribution in [0.2, 0.25) is 0 Å². The van der Waals surface area contributed by atoms with Crippen LogP contribution in [0.25, 0.3) is 0 Å². The molecule has 3 aromatic heterocycles. The lowest BCUT2D eigenvalue weighted by molar-refractivity contribution is 0.0485. The van der Waals surface area contributed by atoms with Crippen LogP contribution in [0.3, 0.4) is 0 Å². The van der Waals surface area contributed by atoms with Crippen molar-refractivity contribution in [3.63, 3.8) is 0 Å². The van der Waals surface area contributed by atoms with Gasteiger partial charge in [0.05, 0.1) is 17.1 Å². The van der Waals surface area contributed by atoms with Gasteiger partial charge >= 0.3 is 6.09 Å². The van der Waals surface area contributed by atoms with Crippen LogP contribution in [0.15, 0.2) is 0 Å². The Balaban J connectivity index is 0.000000177. The summed E-state index contributed by atoms with van der Waals surface area (Å²) in [4.78, 5) is 35.0. The molecule has 0 aliphatic heterocycles. The molecule has 3 atom stereocenters. The van der Waals surface area contributed by atoms with Crippen molar-refractivity contribution in [1.82, 2.24) is 35.4 Å². The van der Waals surface area contributed by atoms with Crippen LogP contribution >= 0.6 is 34.0 Å². The van der Waals surface area contributed by atoms with E-state index in [2.05, 4.69) is 56.2 Å². The van der Waals surface area contributed by atoms with Gasteiger partial charge in [0.15, 0.2) is 15.4 Å². The fourth-order valence-corrected chi connectivity index (χ4v) is 13.9. The Morgan fingerprint density at radius 2 is 1.06 bits per heavy atom. The van der Waals surface area contributed by atoms with E-state index in [9.17, 15) is 4.79 Å². The van der Waals surface area contributed by atoms with Crippen LogP contribution in [0, 0.1) is 11.8 Å². The zero-order chi connectivity index (χ0) is 47.9. The van der Waals surface area contributed by atoms with Crippen molar-refractivity contribution in [2.24, 2.45) is 17.6 Å². The van der Waals surface area contributed by atoms with Crippen LogP contribution in [-0.4, -0.2) is 99.4 Å². The van der Waals surface area contributed by atoms with Crippen molar-refractivity contribution >= 4 is 55.5 Å². The maximum Gasteiger partial charge on any atom is 0.407 e. The first kappa shape index (κ1) is 53.7. The van der Waals surface area contributed by atoms with Crippen LogP contribution in [-0.2, 0) is 43.3 Å². The maximum atomic E-state index is 12.0. The number of hydrogen-bond donors (Lipinski definition) is 6. The second-order valence-corrected chi connectivity index (χ2v) is 24.6. The number of hydrogen-bond acceptors (Lipinski definition) is 15. The van der Waals surface area contributed by atoms with E-state index in [-0.39, 0.29) is 12.1 Å². The minimum Gasteiger partial charge on any atom is -0.444 e. The Bertz CT molecular complexity index is 1910. The normalized spacial score (nSPS) is 24.9. The summed E-state index contributed by atoms with van der Waals surface area (Å²) in [6.45, 7) is 18.4. The average Bonchev–Trinajstić information content (AvgIpc) is 3.99. The summed E-state index contributed by atoms with van der Waals surface area (Å²) in [6.07, 6.45) is 25.9. The SMILES string of the molecule is CCCN(CCC1CCC(N)CC1)[C@H]1CCc2nc(N)sc2C1.CCCN(CCC1CCC(NC(=O)OC(C)(C)C)CC1)[C@H]1CCc2nc(N)sc2C1.CCCN[C@H]1CCc2nc(N)sc2C1. The van der Waals surface area contributed by atoms with Gasteiger partial charge in [0, 0.05) is 44.8 Å². The molecule has 3 aromatic rings. The molecule has 2 fully saturated rings. The number of aryl methyl sites for hydroxylation is 3. The Labute approximate surface area is 416 Å². The molecule has 5 aliphatic carbocycles. The number of amides is 1. The zero-order valence-corrected chi connectivity index (χ0v) is 44.7. The summed E-state index contributed by atoms with van der Waals surface area (Å²) < 4.78 is 5.40. The molecule has 0 spiro atoms. The summed E-state index contributed by atoms with van der Waals surface area (Å²) >= 11 is 5.04. The van der Waals surface area contributed by atoms with Crippen LogP contribution in [0.5, 0.6) is 0 Å². The van der Waals surface area contributed by atoms with Gasteiger partial charge in [-0.15, -0.1) is 34.0 Å². The number of rotatable bonds is 16. The quantitative estimate of drug-likeness (QED) is 0.0796. The highest BCUT2D eigenvalue weighted by molar-refractivity contribution is 7.16. The van der Waals surface area contributed by atoms with Crippen molar-refractivity contribution in [3.8, 4) is 0 Å². The van der Waals surface area contributed by atoms with E-state index in [4.69, 9.17) is 27.7 Å². The second kappa shape index (κ2) is 26.6. The molecule has 0 radical (unpaired) electrons. The van der Waals surface area contributed by atoms with Gasteiger partial charge < -0.3 is 48.1 Å². The highest BCUT2D eigenvalue weighted by atomic mass is 32.1. The molecule has 13 nitrogen and oxygen atoms in total. The molecule has 2 saturated carbocycles. The van der Waals surface area contributed by atoms with Gasteiger partial charge in [-0.2, -0.15) is 0 Å². The van der Waals surface area contributed by atoms with Crippen LogP contribution in [0.4, 0.5) is 20.2 Å². The fourth-order valence-electron chi connectivity index (χ4n) is 11.1. The predicted octanol–water partition coefficient (Wildman–Crippen LogP) is 9.55. The number of carbonyl (C=O) groups is 1. The van der Waals surface area contributed by atoms with Crippen molar-refractivity contribution in [1.29, 1.82) is 0 Å². The molecule has 0 saturated heterocycles. The summed E-state index contributed by atoms with van der Waals surface area (Å²) in [6, 6.07) is 2.68. The van der Waals surface area contributed by atoms with E-state index < -0.39 is 5.60 Å². The first-order valence-corrected chi connectivity index (χ1v) is 28.8. The standard InChI is InChI=1S/C23H40N4O2S.C18H32N4S.C10H17N3S/c1-5-13-27(18-10-11-19-20(15-18)30-21(24)26-19)14-12-16-6-8-17(9-7-16)25-22(28)29-23(2,3)4;1-2-10-22(11-9-13-3-5-14(19)6-4-13)15-7-8-16-17(12-15)23-18(20)21-16;1-2-5-12-7-3-4-8-9(6-7)14-10(11)13-8/h16-18H,5-15H2,1-4H3,(H2,24,26)(H,25,28);13-15H,2-12,19H2,1H3,(H2,20,21);7,12H,2-6H2,1H3,(H2,11,13)/t16?,17?,18-;13?,14?,15-;7-/m000/s1. The number of carbonyl (C=O) groups excluding carboxylic acids is 1. The van der Waals surface area contributed by atoms with Gasteiger partial charge in [-0.25, -0.2) is 19.7 Å². The Morgan fingerprint density at radius 1 is 0.612 bits per heavy atom. The Morgan fingerprint density at radius 3 is 1.51 bits per heavy atom. The fraction of sp³-hybridized carbons (Fsp3) is 0.804. The minimum absolute atomic E-state index is 0.261. The Hall–Kier alpha value is -2.60. The average molecular weight is 985 g/mol. The number of nitrogen functional groups attached to an aromatic ring is 3. The number of anilines is 3. The first-order chi connectivity index (χ1) is 32.2. The number of nitrogens with one attached hydrogen (secondary N) is 2. The van der Waals surface area contributed by atoms with Gasteiger partial charge in [-0.05, 0) is 207 Å². The maximum absolute atomic E-state index is 12.0. The third-order valence-corrected chi connectivity index (χ3v) is 17.5. The molecule has 0 aromatic carbocycles. The molecule has 67 heavy (non-hydrogen) atoms. The number of alkyl carbamates (subject to hydrolysis) is 1. The number of fused-ring (bicyclic) bond motifs is 3. The van der Waals surface area contributed by atoms with E-state index in [1.807, 2.05) is 20.8 Å². The molecule has 378 valence electrons. The molecule has 10 N–H and O–H groups in total. The third kappa shape index (κ3) is 17.3. The highest BCUT2D eigenvalue weighted by Gasteiger charge is 2.30. The molecule has 0 bridgehead atoms. The highest BCUT2D eigenvalue weighted by Crippen LogP contribution is 2.34. The smallest absolute Gasteiger partial charge is 0.407 e. The summed E-state index contributed by atoms with van der Waals surface area (Å²) in [7, 11) is 0. The predicted molar refractivity (Wildman–Crippen MR) is 283 cm³/mol. The van der Waals surface area contributed by atoms with Crippen molar-refractivity contribution in [3.05, 3.63) is 31.7 Å². The van der Waals surface area contributed by atoms with Gasteiger partial charge in [0.1, 0.15) is 5.60 Å². The van der Waals surface area contributed by atoms with Crippen LogP contribution in [0.1, 0.15) is 176 Å². The number of aromatic nitrogens is 3. The lowest BCUT2D eigenvalue weighted by atomic mass is 9.84. The van der Waals surface area contributed by atoms with Gasteiger partial charge in [-0.3, -0.25) is 0 Å². The summed E-state index contributed by atoms with van der Waals surface area (Å²) in [5.74, 6) is 1.66. The lowest BCUT2D eigenvalue weighted by Gasteiger charge is -2.36. The summed E-state index contributed by atoms with van der Waals surface area (Å²) in [5.41, 5.74) is 26.9. The number of nitrogens with zero attached hydrogens (tertiary/aromatic N) is 5. The number of thiazole rings is 3. The van der Waals surface area contributed by atoms with E-state index in [1.165, 1.54) is 148 Å². The molecular formula is C51H89N11O2S3. The minimum atomic E-state index is -0.436. The van der Waals surface area contributed by atoms with Crippen LogP contribution < -0.4 is 33.6 Å². The second-order valence-electron chi connectivity index (χ2n) is 21.2. The molecule has 5 aliphatic rings. The molecule has 0 unspecified atom stereocenters. The van der Waals surface area contributed by atoms with Crippen molar-refractivity contribution in [2.45, 2.75) is 219 Å². The number of nitrogens with two attached hydrogens (primary N) is 4. The monoisotopic (exact) mass is 984 g/mol. The molecule has 8 rings (SSSR count). The van der Waals surface area contributed by atoms with Crippen molar-refractivity contribution in [2.75, 3.05) is 49.9 Å². The molecule has 1 amide bonds. The topological polar surface area (TPSA) is 200 Å². The van der Waals surface area contributed by atoms with Gasteiger partial charge in [-0.1, -0.05) is 20.8 Å². The van der Waals surface area contributed by atoms with E-state index >= 15 is 0 Å². The van der Waals surface area contributed by atoms with Gasteiger partial charge in [0.25, 0.3) is 0 Å². The summed E-state index contributed by atoms with van der Waals surface area (Å²) in [5, 5.41) is 8.81. The van der Waals surface area contributed by atoms with Crippen molar-refractivity contribution < 1.29 is 9.53 Å². The molecular weight excluding hydrogens is 895 g/mol. The zero-order valence-electron chi connectivity index (χ0n) is 42.2. The Kier molecular flexibility index (Phi) is 21.3. The first-order valence-electron chi connectivity index (χ1n) is 26.4. The van der Waals surface area contributed by atoms with E-state index in [0.29, 0.717) is 24.2 Å². The van der Waals surface area contributed by atoms with E-state index in [1.54, 1.807) is 34.0 Å². The molecule has 16 heteroatoms. The largest absolute Gasteiger partial charge is 0.444 e. The third-order valence-electron chi connectivity index (χ3n) is 14.7. The van der Waals surface area contributed by atoms with Gasteiger partial charge in [0.2, 0.25) is 0 Å². The lowest BCUT2D eigenvalue weighted by Crippen LogP contribution is -2.42. The number of ether oxygens (including phenoxy) is 1.